The third-order valence-electron chi connectivity index (χ3n) is 6.93. The van der Waals surface area contributed by atoms with E-state index in [0.717, 1.165) is 0 Å². The van der Waals surface area contributed by atoms with Gasteiger partial charge in [-0.3, -0.25) is 14.4 Å². The number of rotatable bonds is 8. The standard InChI is InChI=1S/C31H28O11/c1-15(32)40-31-25(38-5)9-16(10-26(31)39-6)19-13-27(33)41-20-8-7-18-29(34)24(42-30(18)28(19)20)12-17-11-22(36-3)23(37-4)14-21(17)35-2/h7-12,14,19H,13H2,1-6H3. The molecule has 0 fully saturated rings. The number of carbonyl (C=O) groups is 3. The van der Waals surface area contributed by atoms with E-state index in [1.165, 1.54) is 42.5 Å². The Morgan fingerprint density at radius 3 is 2.02 bits per heavy atom. The molecule has 2 heterocycles. The summed E-state index contributed by atoms with van der Waals surface area (Å²) in [5.41, 5.74) is 1.94. The molecule has 0 bridgehead atoms. The molecule has 1 atom stereocenters. The number of ketones is 1. The Labute approximate surface area is 241 Å². The van der Waals surface area contributed by atoms with E-state index >= 15 is 0 Å². The molecule has 3 aromatic carbocycles. The normalized spacial score (nSPS) is 16.1. The van der Waals surface area contributed by atoms with Crippen molar-refractivity contribution in [3.05, 3.63) is 64.4 Å². The summed E-state index contributed by atoms with van der Waals surface area (Å²) in [6, 6.07) is 9.75. The molecular weight excluding hydrogens is 548 g/mol. The third kappa shape index (κ3) is 4.93. The van der Waals surface area contributed by atoms with Gasteiger partial charge in [0.1, 0.15) is 17.2 Å². The van der Waals surface area contributed by atoms with Crippen molar-refractivity contribution in [3.63, 3.8) is 0 Å². The predicted molar refractivity (Wildman–Crippen MR) is 148 cm³/mol. The van der Waals surface area contributed by atoms with Crippen LogP contribution in [0.4, 0.5) is 0 Å². The molecule has 1 unspecified atom stereocenters. The number of esters is 2. The van der Waals surface area contributed by atoms with Gasteiger partial charge in [0.25, 0.3) is 0 Å². The molecule has 0 N–H and O–H groups in total. The second-order valence-corrected chi connectivity index (χ2v) is 9.32. The Bertz CT molecular complexity index is 1610. The maximum atomic E-state index is 13.5. The third-order valence-corrected chi connectivity index (χ3v) is 6.93. The van der Waals surface area contributed by atoms with E-state index in [-0.39, 0.29) is 46.7 Å². The molecule has 42 heavy (non-hydrogen) atoms. The van der Waals surface area contributed by atoms with Crippen molar-refractivity contribution < 1.29 is 52.3 Å². The van der Waals surface area contributed by atoms with Crippen LogP contribution < -0.4 is 37.9 Å². The number of hydrogen-bond donors (Lipinski definition) is 0. The van der Waals surface area contributed by atoms with E-state index in [9.17, 15) is 14.4 Å². The largest absolute Gasteiger partial charge is 0.496 e. The minimum Gasteiger partial charge on any atom is -0.496 e. The van der Waals surface area contributed by atoms with Gasteiger partial charge in [-0.05, 0) is 42.0 Å². The van der Waals surface area contributed by atoms with Crippen LogP contribution in [0.1, 0.15) is 46.3 Å². The Morgan fingerprint density at radius 2 is 1.43 bits per heavy atom. The summed E-state index contributed by atoms with van der Waals surface area (Å²) in [4.78, 5) is 37.9. The van der Waals surface area contributed by atoms with Crippen molar-refractivity contribution in [1.29, 1.82) is 0 Å². The van der Waals surface area contributed by atoms with Crippen LogP contribution in [-0.4, -0.2) is 53.3 Å². The smallest absolute Gasteiger partial charge is 0.312 e. The topological polar surface area (TPSA) is 125 Å². The fraction of sp³-hybridized carbons (Fsp3) is 0.258. The van der Waals surface area contributed by atoms with E-state index in [2.05, 4.69) is 0 Å². The zero-order valence-corrected chi connectivity index (χ0v) is 23.8. The van der Waals surface area contributed by atoms with E-state index in [4.69, 9.17) is 37.9 Å². The van der Waals surface area contributed by atoms with Gasteiger partial charge in [-0.15, -0.1) is 0 Å². The summed E-state index contributed by atoms with van der Waals surface area (Å²) in [6.07, 6.45) is 1.50. The Morgan fingerprint density at radius 1 is 0.810 bits per heavy atom. The average Bonchev–Trinajstić information content (AvgIpc) is 3.30. The van der Waals surface area contributed by atoms with Gasteiger partial charge in [0, 0.05) is 30.0 Å². The maximum absolute atomic E-state index is 13.5. The van der Waals surface area contributed by atoms with Gasteiger partial charge in [-0.1, -0.05) is 0 Å². The van der Waals surface area contributed by atoms with Crippen molar-refractivity contribution in [2.24, 2.45) is 0 Å². The highest BCUT2D eigenvalue weighted by Crippen LogP contribution is 2.51. The van der Waals surface area contributed by atoms with Crippen LogP contribution in [0.3, 0.4) is 0 Å². The molecule has 0 aliphatic carbocycles. The molecular formula is C31H28O11. The van der Waals surface area contributed by atoms with Crippen molar-refractivity contribution >= 4 is 23.8 Å². The number of methoxy groups -OCH3 is 5. The fourth-order valence-corrected chi connectivity index (χ4v) is 5.04. The molecule has 218 valence electrons. The molecule has 0 radical (unpaired) electrons. The first-order valence-corrected chi connectivity index (χ1v) is 12.8. The van der Waals surface area contributed by atoms with Crippen molar-refractivity contribution in [3.8, 4) is 46.0 Å². The molecule has 11 nitrogen and oxygen atoms in total. The van der Waals surface area contributed by atoms with Crippen LogP contribution in [-0.2, 0) is 9.59 Å². The highest BCUT2D eigenvalue weighted by atomic mass is 16.6. The number of Topliss-reactive ketones (excluding diaryl/α,β-unsaturated/α-hetero) is 1. The molecule has 0 amide bonds. The van der Waals surface area contributed by atoms with E-state index in [1.807, 2.05) is 0 Å². The molecule has 0 saturated carbocycles. The number of carbonyl (C=O) groups excluding carboxylic acids is 3. The molecule has 2 aliphatic rings. The Kier molecular flexibility index (Phi) is 7.66. The van der Waals surface area contributed by atoms with Gasteiger partial charge in [0.2, 0.25) is 11.5 Å². The Balaban J connectivity index is 1.62. The summed E-state index contributed by atoms with van der Waals surface area (Å²) < 4.78 is 44.3. The monoisotopic (exact) mass is 576 g/mol. The maximum Gasteiger partial charge on any atom is 0.312 e. The molecule has 3 aromatic rings. The van der Waals surface area contributed by atoms with Crippen LogP contribution >= 0.6 is 0 Å². The van der Waals surface area contributed by atoms with Crippen molar-refractivity contribution in [1.82, 2.24) is 0 Å². The number of benzene rings is 3. The summed E-state index contributed by atoms with van der Waals surface area (Å²) in [6.45, 7) is 1.26. The lowest BCUT2D eigenvalue weighted by Gasteiger charge is -2.27. The molecule has 5 rings (SSSR count). The summed E-state index contributed by atoms with van der Waals surface area (Å²) in [5.74, 6) is 0.482. The van der Waals surface area contributed by atoms with E-state index in [0.29, 0.717) is 39.5 Å². The molecule has 2 aliphatic heterocycles. The highest BCUT2D eigenvalue weighted by Gasteiger charge is 2.39. The quantitative estimate of drug-likeness (QED) is 0.210. The highest BCUT2D eigenvalue weighted by molar-refractivity contribution is 6.15. The first kappa shape index (κ1) is 28.3. The van der Waals surface area contributed by atoms with Crippen molar-refractivity contribution in [2.75, 3.05) is 35.5 Å². The number of hydrogen-bond acceptors (Lipinski definition) is 11. The van der Waals surface area contributed by atoms with Gasteiger partial charge in [0.15, 0.2) is 28.8 Å². The van der Waals surface area contributed by atoms with Gasteiger partial charge in [-0.2, -0.15) is 0 Å². The average molecular weight is 577 g/mol. The second kappa shape index (κ2) is 11.4. The van der Waals surface area contributed by atoms with Gasteiger partial charge in [-0.25, -0.2) is 0 Å². The van der Waals surface area contributed by atoms with Crippen LogP contribution in [0, 0.1) is 0 Å². The first-order chi connectivity index (χ1) is 20.2. The van der Waals surface area contributed by atoms with Crippen molar-refractivity contribution in [2.45, 2.75) is 19.3 Å². The molecule has 0 saturated heterocycles. The molecule has 0 aromatic heterocycles. The predicted octanol–water partition coefficient (Wildman–Crippen LogP) is 4.71. The lowest BCUT2D eigenvalue weighted by Crippen LogP contribution is -2.21. The molecule has 11 heteroatoms. The summed E-state index contributed by atoms with van der Waals surface area (Å²) in [7, 11) is 7.36. The molecule has 0 spiro atoms. The first-order valence-electron chi connectivity index (χ1n) is 12.8. The van der Waals surface area contributed by atoms with E-state index < -0.39 is 17.9 Å². The number of fused-ring (bicyclic) bond motifs is 3. The van der Waals surface area contributed by atoms with Crippen LogP contribution in [0.5, 0.6) is 46.0 Å². The zero-order valence-electron chi connectivity index (χ0n) is 23.8. The van der Waals surface area contributed by atoms with E-state index in [1.54, 1.807) is 42.5 Å². The van der Waals surface area contributed by atoms with Crippen LogP contribution in [0.2, 0.25) is 0 Å². The lowest BCUT2D eigenvalue weighted by molar-refractivity contribution is -0.135. The summed E-state index contributed by atoms with van der Waals surface area (Å²) in [5, 5.41) is 0. The second-order valence-electron chi connectivity index (χ2n) is 9.32. The van der Waals surface area contributed by atoms with Gasteiger partial charge in [0.05, 0.1) is 47.5 Å². The summed E-state index contributed by atoms with van der Waals surface area (Å²) >= 11 is 0. The minimum atomic E-state index is -0.604. The van der Waals surface area contributed by atoms with Gasteiger partial charge >= 0.3 is 11.9 Å². The zero-order chi connectivity index (χ0) is 30.1. The van der Waals surface area contributed by atoms with Crippen LogP contribution in [0.15, 0.2) is 42.2 Å². The number of ether oxygens (including phenoxy) is 8. The van der Waals surface area contributed by atoms with Gasteiger partial charge < -0.3 is 37.9 Å². The minimum absolute atomic E-state index is 0.0416. The Hall–Kier alpha value is -5.19. The number of allylic oxidation sites excluding steroid dienone is 1. The lowest BCUT2D eigenvalue weighted by atomic mass is 9.84. The SMILES string of the molecule is COc1cc(OC)c(OC)cc1C=C1Oc2c(ccc3c2C(c2cc(OC)c(OC(C)=O)c(OC)c2)CC(=O)O3)C1=O. The van der Waals surface area contributed by atoms with Crippen LogP contribution in [0.25, 0.3) is 6.08 Å². The fourth-order valence-electron chi connectivity index (χ4n) is 5.04.